The van der Waals surface area contributed by atoms with Crippen molar-refractivity contribution in [2.24, 2.45) is 11.8 Å². The third kappa shape index (κ3) is 5.43. The van der Waals surface area contributed by atoms with E-state index in [9.17, 15) is 0 Å². The van der Waals surface area contributed by atoms with Crippen LogP contribution in [0.25, 0.3) is 0 Å². The largest absolute Gasteiger partial charge is 0.316 e. The fraction of sp³-hybridized carbons (Fsp3) is 0.471. The van der Waals surface area contributed by atoms with Gasteiger partial charge < -0.3 is 5.32 Å². The molecular formula is C17H24N2S. The topological polar surface area (TPSA) is 24.9 Å². The van der Waals surface area contributed by atoms with E-state index in [0.29, 0.717) is 11.8 Å². The zero-order valence-electron chi connectivity index (χ0n) is 12.4. The lowest BCUT2D eigenvalue weighted by Crippen LogP contribution is -2.28. The molecule has 1 atom stereocenters. The molecule has 2 rings (SSSR count). The van der Waals surface area contributed by atoms with E-state index in [1.807, 2.05) is 11.7 Å². The van der Waals surface area contributed by atoms with Gasteiger partial charge in [-0.15, -0.1) is 11.3 Å². The number of nitrogens with zero attached hydrogens (tertiary/aromatic N) is 1. The minimum absolute atomic E-state index is 0.636. The maximum atomic E-state index is 4.19. The predicted octanol–water partition coefficient (Wildman–Crippen LogP) is 3.79. The lowest BCUT2D eigenvalue weighted by Gasteiger charge is -2.18. The Morgan fingerprint density at radius 2 is 1.90 bits per heavy atom. The van der Waals surface area contributed by atoms with Crippen LogP contribution in [0.5, 0.6) is 0 Å². The highest BCUT2D eigenvalue weighted by Crippen LogP contribution is 2.17. The molecule has 1 aromatic carbocycles. The number of aromatic nitrogens is 1. The molecule has 2 aromatic rings. The van der Waals surface area contributed by atoms with Crippen molar-refractivity contribution in [3.8, 4) is 0 Å². The van der Waals surface area contributed by atoms with Gasteiger partial charge in [-0.25, -0.2) is 0 Å². The highest BCUT2D eigenvalue weighted by molar-refractivity contribution is 7.09. The molecule has 3 heteroatoms. The van der Waals surface area contributed by atoms with E-state index in [0.717, 1.165) is 25.9 Å². The maximum Gasteiger partial charge on any atom is 0.0794 e. The predicted molar refractivity (Wildman–Crippen MR) is 87.2 cm³/mol. The number of hydrogen-bond acceptors (Lipinski definition) is 3. The first-order valence-electron chi connectivity index (χ1n) is 7.36. The molecule has 0 amide bonds. The Labute approximate surface area is 126 Å². The highest BCUT2D eigenvalue weighted by Gasteiger charge is 2.12. The van der Waals surface area contributed by atoms with Crippen molar-refractivity contribution in [1.29, 1.82) is 0 Å². The molecule has 0 fully saturated rings. The number of rotatable bonds is 8. The summed E-state index contributed by atoms with van der Waals surface area (Å²) in [5.41, 5.74) is 3.35. The lowest BCUT2D eigenvalue weighted by molar-refractivity contribution is 0.447. The van der Waals surface area contributed by atoms with E-state index in [4.69, 9.17) is 0 Å². The van der Waals surface area contributed by atoms with Crippen LogP contribution in [0.2, 0.25) is 0 Å². The normalized spacial score (nSPS) is 12.8. The van der Waals surface area contributed by atoms with Gasteiger partial charge in [0.1, 0.15) is 0 Å². The molecule has 2 nitrogen and oxygen atoms in total. The fourth-order valence-corrected chi connectivity index (χ4v) is 3.08. The summed E-state index contributed by atoms with van der Waals surface area (Å²) in [5, 5.41) is 3.60. The zero-order valence-corrected chi connectivity index (χ0v) is 13.2. The van der Waals surface area contributed by atoms with Crippen molar-refractivity contribution >= 4 is 11.3 Å². The molecule has 0 aliphatic heterocycles. The van der Waals surface area contributed by atoms with E-state index < -0.39 is 0 Å². The molecule has 20 heavy (non-hydrogen) atoms. The van der Waals surface area contributed by atoms with Crippen LogP contribution in [0, 0.1) is 11.8 Å². The monoisotopic (exact) mass is 288 g/mol. The van der Waals surface area contributed by atoms with Gasteiger partial charge in [0, 0.05) is 11.1 Å². The number of nitrogens with one attached hydrogen (secondary N) is 1. The molecule has 1 aromatic heterocycles. The first kappa shape index (κ1) is 15.2. The van der Waals surface area contributed by atoms with Crippen LogP contribution >= 0.6 is 11.3 Å². The second kappa shape index (κ2) is 8.18. The molecule has 0 aliphatic rings. The SMILES string of the molecule is CC(C)CNCC(Cc1ccccc1)Cc1cncs1. The average molecular weight is 288 g/mol. The van der Waals surface area contributed by atoms with Crippen molar-refractivity contribution in [1.82, 2.24) is 10.3 Å². The Morgan fingerprint density at radius 3 is 2.55 bits per heavy atom. The van der Waals surface area contributed by atoms with Crippen molar-refractivity contribution < 1.29 is 0 Å². The van der Waals surface area contributed by atoms with Gasteiger partial charge in [-0.05, 0) is 43.3 Å². The smallest absolute Gasteiger partial charge is 0.0794 e. The molecule has 0 saturated carbocycles. The standard InChI is InChI=1S/C17H24N2S/c1-14(2)10-18-11-16(9-17-12-19-13-20-17)8-15-6-4-3-5-7-15/h3-7,12-14,16,18H,8-11H2,1-2H3. The number of hydrogen-bond donors (Lipinski definition) is 1. The Kier molecular flexibility index (Phi) is 6.22. The molecule has 0 radical (unpaired) electrons. The van der Waals surface area contributed by atoms with Crippen LogP contribution in [0.1, 0.15) is 24.3 Å². The Bertz CT molecular complexity index is 465. The third-order valence-corrected chi connectivity index (χ3v) is 4.13. The summed E-state index contributed by atoms with van der Waals surface area (Å²) in [4.78, 5) is 5.58. The fourth-order valence-electron chi connectivity index (χ4n) is 2.37. The van der Waals surface area contributed by atoms with Crippen LogP contribution in [0.4, 0.5) is 0 Å². The van der Waals surface area contributed by atoms with Gasteiger partial charge in [-0.2, -0.15) is 0 Å². The van der Waals surface area contributed by atoms with Gasteiger partial charge >= 0.3 is 0 Å². The van der Waals surface area contributed by atoms with Crippen LogP contribution in [-0.2, 0) is 12.8 Å². The summed E-state index contributed by atoms with van der Waals surface area (Å²) in [6, 6.07) is 10.8. The van der Waals surface area contributed by atoms with E-state index in [-0.39, 0.29) is 0 Å². The van der Waals surface area contributed by atoms with Crippen molar-refractivity contribution in [2.45, 2.75) is 26.7 Å². The highest BCUT2D eigenvalue weighted by atomic mass is 32.1. The molecule has 0 aliphatic carbocycles. The quantitative estimate of drug-likeness (QED) is 0.799. The minimum Gasteiger partial charge on any atom is -0.316 e. The summed E-state index contributed by atoms with van der Waals surface area (Å²) in [6.07, 6.45) is 4.25. The summed E-state index contributed by atoms with van der Waals surface area (Å²) in [6.45, 7) is 6.67. The van der Waals surface area contributed by atoms with Crippen molar-refractivity contribution in [3.63, 3.8) is 0 Å². The van der Waals surface area contributed by atoms with Crippen LogP contribution in [-0.4, -0.2) is 18.1 Å². The Balaban J connectivity index is 1.92. The molecule has 0 saturated heterocycles. The average Bonchev–Trinajstić information content (AvgIpc) is 2.92. The third-order valence-electron chi connectivity index (χ3n) is 3.33. The van der Waals surface area contributed by atoms with E-state index in [2.05, 4.69) is 54.5 Å². The van der Waals surface area contributed by atoms with Crippen molar-refractivity contribution in [3.05, 3.63) is 52.5 Å². The van der Waals surface area contributed by atoms with Gasteiger partial charge in [0.05, 0.1) is 5.51 Å². The van der Waals surface area contributed by atoms with E-state index in [1.54, 1.807) is 11.3 Å². The second-order valence-electron chi connectivity index (χ2n) is 5.78. The van der Waals surface area contributed by atoms with E-state index in [1.165, 1.54) is 10.4 Å². The molecule has 0 spiro atoms. The Morgan fingerprint density at radius 1 is 1.10 bits per heavy atom. The van der Waals surface area contributed by atoms with Crippen LogP contribution < -0.4 is 5.32 Å². The van der Waals surface area contributed by atoms with Gasteiger partial charge in [0.25, 0.3) is 0 Å². The Hall–Kier alpha value is -1.19. The minimum atomic E-state index is 0.636. The first-order valence-corrected chi connectivity index (χ1v) is 8.24. The number of benzene rings is 1. The molecule has 0 bridgehead atoms. The van der Waals surface area contributed by atoms with Gasteiger partial charge in [0.15, 0.2) is 0 Å². The number of thiazole rings is 1. The van der Waals surface area contributed by atoms with Gasteiger partial charge in [-0.3, -0.25) is 4.98 Å². The molecule has 1 N–H and O–H groups in total. The van der Waals surface area contributed by atoms with Gasteiger partial charge in [-0.1, -0.05) is 44.2 Å². The van der Waals surface area contributed by atoms with Crippen LogP contribution in [0.15, 0.2) is 42.0 Å². The zero-order chi connectivity index (χ0) is 14.2. The van der Waals surface area contributed by atoms with Gasteiger partial charge in [0.2, 0.25) is 0 Å². The summed E-state index contributed by atoms with van der Waals surface area (Å²) < 4.78 is 0. The lowest BCUT2D eigenvalue weighted by atomic mass is 9.95. The maximum absolute atomic E-state index is 4.19. The van der Waals surface area contributed by atoms with Crippen molar-refractivity contribution in [2.75, 3.05) is 13.1 Å². The summed E-state index contributed by atoms with van der Waals surface area (Å²) >= 11 is 1.76. The van der Waals surface area contributed by atoms with E-state index >= 15 is 0 Å². The summed E-state index contributed by atoms with van der Waals surface area (Å²) in [5.74, 6) is 1.34. The first-order chi connectivity index (χ1) is 9.74. The second-order valence-corrected chi connectivity index (χ2v) is 6.75. The summed E-state index contributed by atoms with van der Waals surface area (Å²) in [7, 11) is 0. The molecule has 108 valence electrons. The molecular weight excluding hydrogens is 264 g/mol. The van der Waals surface area contributed by atoms with Crippen LogP contribution in [0.3, 0.4) is 0 Å². The molecule has 1 heterocycles. The molecule has 1 unspecified atom stereocenters.